The second-order valence-electron chi connectivity index (χ2n) is 3.01. The van der Waals surface area contributed by atoms with E-state index >= 15 is 0 Å². The summed E-state index contributed by atoms with van der Waals surface area (Å²) >= 11 is 0. The lowest BCUT2D eigenvalue weighted by atomic mass is 10.3. The number of nitrogens with zero attached hydrogens (tertiary/aromatic N) is 3. The summed E-state index contributed by atoms with van der Waals surface area (Å²) in [4.78, 5) is 19.2. The van der Waals surface area contributed by atoms with Gasteiger partial charge in [-0.1, -0.05) is 5.16 Å². The molecular weight excluding hydrogens is 208 g/mol. The van der Waals surface area contributed by atoms with Crippen LogP contribution in [0.5, 0.6) is 0 Å². The topological polar surface area (TPSA) is 87.5 Å². The Morgan fingerprint density at radius 1 is 1.50 bits per heavy atom. The summed E-state index contributed by atoms with van der Waals surface area (Å²) < 4.78 is 0. The van der Waals surface area contributed by atoms with E-state index in [2.05, 4.69) is 20.4 Å². The number of hydrogen-bond acceptors (Lipinski definition) is 5. The summed E-state index contributed by atoms with van der Waals surface area (Å²) in [7, 11) is 0. The summed E-state index contributed by atoms with van der Waals surface area (Å²) in [6.07, 6.45) is 3.90. The number of rotatable bonds is 2. The number of carbonyl (C=O) groups excluding carboxylic acids is 1. The van der Waals surface area contributed by atoms with Crippen molar-refractivity contribution in [2.24, 2.45) is 5.16 Å². The zero-order chi connectivity index (χ0) is 11.4. The number of pyridine rings is 2. The van der Waals surface area contributed by atoms with Gasteiger partial charge in [0.1, 0.15) is 6.21 Å². The Hall–Kier alpha value is -2.50. The van der Waals surface area contributed by atoms with Crippen LogP contribution in [0.1, 0.15) is 0 Å². The first-order chi connectivity index (χ1) is 7.79. The van der Waals surface area contributed by atoms with Crippen LogP contribution in [-0.4, -0.2) is 27.3 Å². The van der Waals surface area contributed by atoms with Crippen molar-refractivity contribution in [1.29, 1.82) is 0 Å². The van der Waals surface area contributed by atoms with Crippen molar-refractivity contribution in [2.45, 2.75) is 0 Å². The number of aromatic nitrogens is 2. The van der Waals surface area contributed by atoms with Gasteiger partial charge in [-0.25, -0.2) is 9.97 Å². The van der Waals surface area contributed by atoms with Gasteiger partial charge in [0.25, 0.3) is 5.91 Å². The standard InChI is InChI=1S/C10H8N4O2/c15-9(6-13-16)14-8-4-7-2-1-3-11-10(7)12-5-8/h1-6,16H,(H,14,15)/b13-6+. The first kappa shape index (κ1) is 10.0. The lowest BCUT2D eigenvalue weighted by Crippen LogP contribution is -2.12. The van der Waals surface area contributed by atoms with Crippen LogP contribution < -0.4 is 5.32 Å². The molecule has 6 nitrogen and oxygen atoms in total. The van der Waals surface area contributed by atoms with E-state index in [-0.39, 0.29) is 0 Å². The molecular formula is C10H8N4O2. The van der Waals surface area contributed by atoms with Gasteiger partial charge in [-0.15, -0.1) is 0 Å². The minimum absolute atomic E-state index is 0.519. The lowest BCUT2D eigenvalue weighted by molar-refractivity contribution is -0.110. The van der Waals surface area contributed by atoms with Gasteiger partial charge in [0, 0.05) is 11.6 Å². The monoisotopic (exact) mass is 216 g/mol. The van der Waals surface area contributed by atoms with Gasteiger partial charge in [0.2, 0.25) is 0 Å². The molecule has 0 radical (unpaired) electrons. The summed E-state index contributed by atoms with van der Waals surface area (Å²) in [6, 6.07) is 5.36. The van der Waals surface area contributed by atoms with Crippen molar-refractivity contribution in [3.05, 3.63) is 30.6 Å². The van der Waals surface area contributed by atoms with Gasteiger partial charge in [0.05, 0.1) is 11.9 Å². The van der Waals surface area contributed by atoms with Gasteiger partial charge in [-0.3, -0.25) is 4.79 Å². The fourth-order valence-corrected chi connectivity index (χ4v) is 1.26. The molecule has 2 N–H and O–H groups in total. The molecule has 16 heavy (non-hydrogen) atoms. The number of oxime groups is 1. The second kappa shape index (κ2) is 4.35. The molecule has 0 bridgehead atoms. The smallest absolute Gasteiger partial charge is 0.270 e. The molecule has 1 amide bonds. The van der Waals surface area contributed by atoms with E-state index in [1.165, 1.54) is 6.20 Å². The molecule has 2 aromatic rings. The molecule has 0 saturated carbocycles. The predicted molar refractivity (Wildman–Crippen MR) is 58.4 cm³/mol. The third-order valence-corrected chi connectivity index (χ3v) is 1.90. The quantitative estimate of drug-likeness (QED) is 0.446. The van der Waals surface area contributed by atoms with Crippen molar-refractivity contribution >= 4 is 28.8 Å². The number of anilines is 1. The maximum atomic E-state index is 11.1. The number of nitrogens with one attached hydrogen (secondary N) is 1. The van der Waals surface area contributed by atoms with Gasteiger partial charge in [-0.05, 0) is 18.2 Å². The van der Waals surface area contributed by atoms with Crippen molar-refractivity contribution < 1.29 is 10.0 Å². The second-order valence-corrected chi connectivity index (χ2v) is 3.01. The Kier molecular flexibility index (Phi) is 2.73. The zero-order valence-corrected chi connectivity index (χ0v) is 8.16. The Balaban J connectivity index is 2.29. The Labute approximate surface area is 90.6 Å². The van der Waals surface area contributed by atoms with Gasteiger partial charge < -0.3 is 10.5 Å². The fraction of sp³-hybridized carbons (Fsp3) is 0. The normalized spacial score (nSPS) is 10.8. The first-order valence-corrected chi connectivity index (χ1v) is 4.49. The summed E-state index contributed by atoms with van der Waals surface area (Å²) in [5.74, 6) is -0.521. The molecule has 0 aliphatic rings. The van der Waals surface area contributed by atoms with Gasteiger partial charge in [0.15, 0.2) is 5.65 Å². The van der Waals surface area contributed by atoms with E-state index in [0.29, 0.717) is 11.3 Å². The predicted octanol–water partition coefficient (Wildman–Crippen LogP) is 1.03. The van der Waals surface area contributed by atoms with Crippen molar-refractivity contribution in [2.75, 3.05) is 5.32 Å². The van der Waals surface area contributed by atoms with Gasteiger partial charge >= 0.3 is 0 Å². The fourth-order valence-electron chi connectivity index (χ4n) is 1.26. The van der Waals surface area contributed by atoms with Crippen molar-refractivity contribution in [1.82, 2.24) is 9.97 Å². The first-order valence-electron chi connectivity index (χ1n) is 4.49. The molecule has 0 fully saturated rings. The van der Waals surface area contributed by atoms with E-state index in [9.17, 15) is 4.79 Å². The molecule has 2 heterocycles. The molecule has 6 heteroatoms. The van der Waals surface area contributed by atoms with Crippen molar-refractivity contribution in [3.8, 4) is 0 Å². The average molecular weight is 216 g/mol. The molecule has 2 aromatic heterocycles. The van der Waals surface area contributed by atoms with E-state index in [4.69, 9.17) is 5.21 Å². The lowest BCUT2D eigenvalue weighted by Gasteiger charge is -2.02. The SMILES string of the molecule is O=C(/C=N/O)Nc1cnc2ncccc2c1. The van der Waals surface area contributed by atoms with Crippen LogP contribution in [0.2, 0.25) is 0 Å². The third-order valence-electron chi connectivity index (χ3n) is 1.90. The molecule has 0 saturated heterocycles. The highest BCUT2D eigenvalue weighted by molar-refractivity contribution is 6.31. The maximum absolute atomic E-state index is 11.1. The van der Waals surface area contributed by atoms with E-state index in [1.807, 2.05) is 6.07 Å². The minimum Gasteiger partial charge on any atom is -0.411 e. The van der Waals surface area contributed by atoms with Crippen LogP contribution in [0, 0.1) is 0 Å². The Morgan fingerprint density at radius 2 is 2.38 bits per heavy atom. The number of carbonyl (C=O) groups is 1. The highest BCUT2D eigenvalue weighted by Gasteiger charge is 2.01. The maximum Gasteiger partial charge on any atom is 0.270 e. The molecule has 0 spiro atoms. The molecule has 0 aliphatic carbocycles. The number of hydrogen-bond donors (Lipinski definition) is 2. The Bertz CT molecular complexity index is 553. The van der Waals surface area contributed by atoms with E-state index in [1.54, 1.807) is 18.3 Å². The average Bonchev–Trinajstić information content (AvgIpc) is 2.29. The highest BCUT2D eigenvalue weighted by Crippen LogP contribution is 2.13. The highest BCUT2D eigenvalue weighted by atomic mass is 16.4. The number of amides is 1. The largest absolute Gasteiger partial charge is 0.411 e. The minimum atomic E-state index is -0.521. The van der Waals surface area contributed by atoms with Crippen LogP contribution in [0.3, 0.4) is 0 Å². The van der Waals surface area contributed by atoms with Crippen LogP contribution in [0.25, 0.3) is 11.0 Å². The van der Waals surface area contributed by atoms with Crippen LogP contribution in [-0.2, 0) is 4.79 Å². The van der Waals surface area contributed by atoms with Gasteiger partial charge in [-0.2, -0.15) is 0 Å². The molecule has 0 atom stereocenters. The zero-order valence-electron chi connectivity index (χ0n) is 8.16. The molecule has 0 aromatic carbocycles. The van der Waals surface area contributed by atoms with Crippen LogP contribution >= 0.6 is 0 Å². The molecule has 80 valence electrons. The molecule has 0 unspecified atom stereocenters. The van der Waals surface area contributed by atoms with E-state index < -0.39 is 5.91 Å². The van der Waals surface area contributed by atoms with E-state index in [0.717, 1.165) is 11.6 Å². The van der Waals surface area contributed by atoms with Crippen LogP contribution in [0.4, 0.5) is 5.69 Å². The summed E-state index contributed by atoms with van der Waals surface area (Å²) in [5, 5.41) is 14.1. The van der Waals surface area contributed by atoms with Crippen molar-refractivity contribution in [3.63, 3.8) is 0 Å². The summed E-state index contributed by atoms with van der Waals surface area (Å²) in [6.45, 7) is 0. The number of fused-ring (bicyclic) bond motifs is 1. The molecule has 2 rings (SSSR count). The summed E-state index contributed by atoms with van der Waals surface area (Å²) in [5.41, 5.74) is 1.13. The third kappa shape index (κ3) is 2.11. The molecule has 0 aliphatic heterocycles. The Morgan fingerprint density at radius 3 is 3.19 bits per heavy atom. The van der Waals surface area contributed by atoms with Crippen LogP contribution in [0.15, 0.2) is 35.7 Å².